The summed E-state index contributed by atoms with van der Waals surface area (Å²) < 4.78 is 7.97. The van der Waals surface area contributed by atoms with Crippen molar-refractivity contribution in [1.29, 1.82) is 0 Å². The maximum Gasteiger partial charge on any atom is 0.186 e. The molecule has 1 N–H and O–H groups in total. The van der Waals surface area contributed by atoms with Crippen molar-refractivity contribution in [3.05, 3.63) is 5.15 Å². The topological polar surface area (TPSA) is 37.8 Å². The lowest BCUT2D eigenvalue weighted by molar-refractivity contribution is 0.518. The lowest BCUT2D eigenvalue weighted by Gasteiger charge is -2.08. The van der Waals surface area contributed by atoms with E-state index >= 15 is 0 Å². The Morgan fingerprint density at radius 3 is 2.79 bits per heavy atom. The first-order chi connectivity index (χ1) is 6.86. The zero-order chi connectivity index (χ0) is 9.80. The van der Waals surface area contributed by atoms with Gasteiger partial charge in [0.1, 0.15) is 0 Å². The van der Waals surface area contributed by atoms with E-state index in [4.69, 9.17) is 11.6 Å². The van der Waals surface area contributed by atoms with Crippen LogP contribution in [0, 0.1) is 5.92 Å². The molecule has 1 aromatic heterocycles. The molecule has 1 fully saturated rings. The number of halogens is 1. The average molecular weight is 232 g/mol. The van der Waals surface area contributed by atoms with Gasteiger partial charge in [0.15, 0.2) is 11.0 Å². The highest BCUT2D eigenvalue weighted by atomic mass is 35.5. The Hall–Kier alpha value is -0.350. The number of nitrogens with one attached hydrogen (secondary N) is 1. The summed E-state index contributed by atoms with van der Waals surface area (Å²) in [5, 5.41) is 3.73. The first-order valence-electron chi connectivity index (χ1n) is 5.08. The molecule has 2 rings (SSSR count). The third kappa shape index (κ3) is 2.58. The smallest absolute Gasteiger partial charge is 0.186 e. The van der Waals surface area contributed by atoms with Crippen LogP contribution >= 0.6 is 23.3 Å². The molecule has 5 heteroatoms. The molecule has 0 spiro atoms. The van der Waals surface area contributed by atoms with Crippen LogP contribution in [0.1, 0.15) is 32.1 Å². The molecule has 1 aliphatic carbocycles. The highest BCUT2D eigenvalue weighted by Gasteiger charge is 2.14. The molecular weight excluding hydrogens is 218 g/mol. The van der Waals surface area contributed by atoms with Gasteiger partial charge in [-0.2, -0.15) is 8.75 Å². The van der Waals surface area contributed by atoms with Crippen molar-refractivity contribution in [2.45, 2.75) is 32.1 Å². The largest absolute Gasteiger partial charge is 0.367 e. The SMILES string of the molecule is Clc1nsnc1NCCC1CCCC1. The minimum Gasteiger partial charge on any atom is -0.367 e. The van der Waals surface area contributed by atoms with Gasteiger partial charge in [0.05, 0.1) is 11.7 Å². The normalized spacial score (nSPS) is 17.5. The third-order valence-corrected chi connectivity index (χ3v) is 3.66. The fourth-order valence-corrected chi connectivity index (χ4v) is 2.66. The number of hydrogen-bond donors (Lipinski definition) is 1. The van der Waals surface area contributed by atoms with Crippen LogP contribution in [0.3, 0.4) is 0 Å². The third-order valence-electron chi connectivity index (χ3n) is 2.77. The van der Waals surface area contributed by atoms with E-state index in [1.165, 1.54) is 32.1 Å². The van der Waals surface area contributed by atoms with E-state index in [0.717, 1.165) is 30.0 Å². The lowest BCUT2D eigenvalue weighted by atomic mass is 10.0. The number of aromatic nitrogens is 2. The molecule has 3 nitrogen and oxygen atoms in total. The molecule has 0 radical (unpaired) electrons. The van der Waals surface area contributed by atoms with E-state index in [2.05, 4.69) is 14.1 Å². The minimum absolute atomic E-state index is 0.501. The summed E-state index contributed by atoms with van der Waals surface area (Å²) >= 11 is 6.96. The molecule has 0 aliphatic heterocycles. The fourth-order valence-electron chi connectivity index (χ4n) is 1.98. The second-order valence-corrected chi connectivity index (χ2v) is 4.66. The minimum atomic E-state index is 0.501. The Bertz CT molecular complexity index is 283. The highest BCUT2D eigenvalue weighted by molar-refractivity contribution is 6.99. The maximum absolute atomic E-state index is 5.81. The van der Waals surface area contributed by atoms with E-state index < -0.39 is 0 Å². The van der Waals surface area contributed by atoms with Crippen LogP contribution in [0.15, 0.2) is 0 Å². The number of anilines is 1. The molecule has 78 valence electrons. The Kier molecular flexibility index (Phi) is 3.59. The Balaban J connectivity index is 1.70. The van der Waals surface area contributed by atoms with Gasteiger partial charge >= 0.3 is 0 Å². The molecule has 1 aliphatic rings. The first-order valence-corrected chi connectivity index (χ1v) is 6.19. The molecule has 1 aromatic rings. The highest BCUT2D eigenvalue weighted by Crippen LogP contribution is 2.27. The van der Waals surface area contributed by atoms with Crippen LogP contribution < -0.4 is 5.32 Å². The number of nitrogens with zero attached hydrogens (tertiary/aromatic N) is 2. The average Bonchev–Trinajstić information content (AvgIpc) is 2.78. The Labute approximate surface area is 93.2 Å². The molecule has 0 aromatic carbocycles. The van der Waals surface area contributed by atoms with Crippen molar-refractivity contribution in [3.63, 3.8) is 0 Å². The van der Waals surface area contributed by atoms with Gasteiger partial charge < -0.3 is 5.32 Å². The first kappa shape index (κ1) is 10.2. The number of rotatable bonds is 4. The zero-order valence-corrected chi connectivity index (χ0v) is 9.57. The van der Waals surface area contributed by atoms with Crippen LogP contribution in [-0.4, -0.2) is 15.3 Å². The second kappa shape index (κ2) is 4.94. The molecule has 0 amide bonds. The van der Waals surface area contributed by atoms with Crippen LogP contribution in [0.4, 0.5) is 5.82 Å². The predicted molar refractivity (Wildman–Crippen MR) is 60.0 cm³/mol. The van der Waals surface area contributed by atoms with Gasteiger partial charge in [-0.3, -0.25) is 0 Å². The fraction of sp³-hybridized carbons (Fsp3) is 0.778. The molecule has 0 atom stereocenters. The van der Waals surface area contributed by atoms with Gasteiger partial charge in [0, 0.05) is 6.54 Å². The van der Waals surface area contributed by atoms with Crippen molar-refractivity contribution >= 4 is 29.1 Å². The van der Waals surface area contributed by atoms with Crippen molar-refractivity contribution in [1.82, 2.24) is 8.75 Å². The van der Waals surface area contributed by atoms with E-state index in [1.807, 2.05) is 0 Å². The van der Waals surface area contributed by atoms with Crippen molar-refractivity contribution in [3.8, 4) is 0 Å². The van der Waals surface area contributed by atoms with Crippen molar-refractivity contribution < 1.29 is 0 Å². The molecule has 0 unspecified atom stereocenters. The molecule has 1 saturated carbocycles. The van der Waals surface area contributed by atoms with Crippen molar-refractivity contribution in [2.75, 3.05) is 11.9 Å². The quantitative estimate of drug-likeness (QED) is 0.865. The molecule has 1 heterocycles. The molecule has 0 saturated heterocycles. The van der Waals surface area contributed by atoms with E-state index in [-0.39, 0.29) is 0 Å². The Morgan fingerprint density at radius 2 is 2.14 bits per heavy atom. The lowest BCUT2D eigenvalue weighted by Crippen LogP contribution is -2.06. The van der Waals surface area contributed by atoms with E-state index in [0.29, 0.717) is 5.15 Å². The van der Waals surface area contributed by atoms with Gasteiger partial charge in [-0.1, -0.05) is 37.3 Å². The van der Waals surface area contributed by atoms with Crippen LogP contribution in [0.25, 0.3) is 0 Å². The van der Waals surface area contributed by atoms with Gasteiger partial charge in [0.25, 0.3) is 0 Å². The van der Waals surface area contributed by atoms with Crippen LogP contribution in [-0.2, 0) is 0 Å². The van der Waals surface area contributed by atoms with Crippen LogP contribution in [0.5, 0.6) is 0 Å². The Morgan fingerprint density at radius 1 is 1.36 bits per heavy atom. The monoisotopic (exact) mass is 231 g/mol. The number of hydrogen-bond acceptors (Lipinski definition) is 4. The molecule has 0 bridgehead atoms. The summed E-state index contributed by atoms with van der Waals surface area (Å²) in [5.41, 5.74) is 0. The predicted octanol–water partition coefficient (Wildman–Crippen LogP) is 3.18. The summed E-state index contributed by atoms with van der Waals surface area (Å²) in [5.74, 6) is 1.66. The van der Waals surface area contributed by atoms with Crippen LogP contribution in [0.2, 0.25) is 5.15 Å². The summed E-state index contributed by atoms with van der Waals surface area (Å²) in [6, 6.07) is 0. The van der Waals surface area contributed by atoms with Gasteiger partial charge in [0.2, 0.25) is 0 Å². The summed E-state index contributed by atoms with van der Waals surface area (Å²) in [6.45, 7) is 0.968. The van der Waals surface area contributed by atoms with Gasteiger partial charge in [-0.25, -0.2) is 0 Å². The van der Waals surface area contributed by atoms with Crippen molar-refractivity contribution in [2.24, 2.45) is 5.92 Å². The standard InChI is InChI=1S/C9H14ClN3S/c10-8-9(13-14-12-8)11-6-5-7-3-1-2-4-7/h7H,1-6H2,(H,11,13). The molecular formula is C9H14ClN3S. The summed E-state index contributed by atoms with van der Waals surface area (Å²) in [6.07, 6.45) is 6.83. The van der Waals surface area contributed by atoms with E-state index in [9.17, 15) is 0 Å². The van der Waals surface area contributed by atoms with E-state index in [1.54, 1.807) is 0 Å². The molecule has 14 heavy (non-hydrogen) atoms. The second-order valence-electron chi connectivity index (χ2n) is 3.77. The van der Waals surface area contributed by atoms with Gasteiger partial charge in [-0.15, -0.1) is 0 Å². The maximum atomic E-state index is 5.81. The summed E-state index contributed by atoms with van der Waals surface area (Å²) in [4.78, 5) is 0. The summed E-state index contributed by atoms with van der Waals surface area (Å²) in [7, 11) is 0. The zero-order valence-electron chi connectivity index (χ0n) is 8.00. The van der Waals surface area contributed by atoms with Gasteiger partial charge in [-0.05, 0) is 12.3 Å².